The van der Waals surface area contributed by atoms with Crippen molar-refractivity contribution in [2.75, 3.05) is 5.32 Å². The van der Waals surface area contributed by atoms with Gasteiger partial charge in [0.25, 0.3) is 11.5 Å². The van der Waals surface area contributed by atoms with Gasteiger partial charge in [0.2, 0.25) is 5.88 Å². The second-order valence-corrected chi connectivity index (χ2v) is 7.67. The molecule has 0 unspecified atom stereocenters. The Kier molecular flexibility index (Phi) is 6.29. The summed E-state index contributed by atoms with van der Waals surface area (Å²) in [5, 5.41) is 12.2. The quantitative estimate of drug-likeness (QED) is 0.307. The van der Waals surface area contributed by atoms with E-state index in [1.54, 1.807) is 42.5 Å². The molecule has 0 aliphatic carbocycles. The number of fused-ring (bicyclic) bond motifs is 1. The molecule has 0 aliphatic heterocycles. The largest absolute Gasteiger partial charge is 0.438 e. The molecule has 1 N–H and O–H groups in total. The standard InChI is InChI=1S/C24H14BrFN4O3/c25-16-4-3-5-18(13-16)28-22(31)15(14-27)12-20-23(33-19-9-7-17(26)8-10-19)29-21-6-1-2-11-30(21)24(20)32/h1-13H,(H,28,31)/b15-12-. The molecule has 2 aromatic heterocycles. The van der Waals surface area contributed by atoms with Crippen LogP contribution in [0.2, 0.25) is 0 Å². The van der Waals surface area contributed by atoms with Crippen LogP contribution in [0.1, 0.15) is 5.56 Å². The van der Waals surface area contributed by atoms with Gasteiger partial charge in [-0.15, -0.1) is 0 Å². The van der Waals surface area contributed by atoms with Crippen molar-refractivity contribution in [2.24, 2.45) is 0 Å². The molecule has 4 aromatic rings. The van der Waals surface area contributed by atoms with Crippen LogP contribution in [0, 0.1) is 17.1 Å². The maximum Gasteiger partial charge on any atom is 0.269 e. The van der Waals surface area contributed by atoms with Gasteiger partial charge in [-0.1, -0.05) is 28.1 Å². The molecule has 2 aromatic carbocycles. The van der Waals surface area contributed by atoms with Crippen LogP contribution in [0.25, 0.3) is 11.7 Å². The number of carbonyl (C=O) groups excluding carboxylic acids is 1. The molecule has 4 rings (SSSR count). The van der Waals surface area contributed by atoms with Gasteiger partial charge < -0.3 is 10.1 Å². The van der Waals surface area contributed by atoms with Crippen LogP contribution in [0.3, 0.4) is 0 Å². The monoisotopic (exact) mass is 504 g/mol. The van der Waals surface area contributed by atoms with Crippen LogP contribution < -0.4 is 15.6 Å². The van der Waals surface area contributed by atoms with Crippen molar-refractivity contribution >= 4 is 39.2 Å². The number of benzene rings is 2. The van der Waals surface area contributed by atoms with E-state index < -0.39 is 17.3 Å². The number of hydrogen-bond acceptors (Lipinski definition) is 5. The SMILES string of the molecule is N#C/C(=C/c1c(Oc2ccc(F)cc2)nc2ccccn2c1=O)C(=O)Nc1cccc(Br)c1. The lowest BCUT2D eigenvalue weighted by Gasteiger charge is -2.10. The average molecular weight is 505 g/mol. The maximum atomic E-state index is 13.3. The summed E-state index contributed by atoms with van der Waals surface area (Å²) in [5.41, 5.74) is -0.209. The van der Waals surface area contributed by atoms with Crippen molar-refractivity contribution in [3.63, 3.8) is 0 Å². The Morgan fingerprint density at radius 1 is 1.15 bits per heavy atom. The zero-order valence-corrected chi connectivity index (χ0v) is 18.4. The second kappa shape index (κ2) is 9.46. The van der Waals surface area contributed by atoms with E-state index in [1.807, 2.05) is 6.07 Å². The highest BCUT2D eigenvalue weighted by molar-refractivity contribution is 9.10. The number of carbonyl (C=O) groups is 1. The lowest BCUT2D eigenvalue weighted by atomic mass is 10.1. The first-order chi connectivity index (χ1) is 15.9. The first-order valence-corrected chi connectivity index (χ1v) is 10.4. The Morgan fingerprint density at radius 2 is 1.94 bits per heavy atom. The van der Waals surface area contributed by atoms with E-state index in [-0.39, 0.29) is 22.8 Å². The number of aromatic nitrogens is 2. The molecule has 0 fully saturated rings. The molecule has 0 bridgehead atoms. The summed E-state index contributed by atoms with van der Waals surface area (Å²) >= 11 is 3.31. The molecule has 7 nitrogen and oxygen atoms in total. The van der Waals surface area contributed by atoms with Crippen molar-refractivity contribution in [3.05, 3.63) is 105 Å². The van der Waals surface area contributed by atoms with Gasteiger partial charge >= 0.3 is 0 Å². The molecule has 0 atom stereocenters. The molecule has 9 heteroatoms. The zero-order chi connectivity index (χ0) is 23.4. The van der Waals surface area contributed by atoms with Crippen LogP contribution in [0.5, 0.6) is 11.6 Å². The van der Waals surface area contributed by atoms with Gasteiger partial charge in [-0.05, 0) is 60.7 Å². The molecule has 0 spiro atoms. The highest BCUT2D eigenvalue weighted by atomic mass is 79.9. The predicted octanol–water partition coefficient (Wildman–Crippen LogP) is 4.93. The summed E-state index contributed by atoms with van der Waals surface area (Å²) in [5.74, 6) is -1.05. The average Bonchev–Trinajstić information content (AvgIpc) is 2.80. The van der Waals surface area contributed by atoms with E-state index >= 15 is 0 Å². The number of nitriles is 1. The zero-order valence-electron chi connectivity index (χ0n) is 16.8. The molecule has 0 saturated carbocycles. The molecule has 162 valence electrons. The van der Waals surface area contributed by atoms with Gasteiger partial charge in [-0.25, -0.2) is 4.39 Å². The minimum absolute atomic E-state index is 0.107. The van der Waals surface area contributed by atoms with E-state index in [0.29, 0.717) is 11.3 Å². The van der Waals surface area contributed by atoms with E-state index in [2.05, 4.69) is 26.2 Å². The minimum Gasteiger partial charge on any atom is -0.438 e. The molecule has 2 heterocycles. The molecular weight excluding hydrogens is 491 g/mol. The van der Waals surface area contributed by atoms with Crippen molar-refractivity contribution in [3.8, 4) is 17.7 Å². The van der Waals surface area contributed by atoms with Gasteiger partial charge in [-0.2, -0.15) is 10.2 Å². The summed E-state index contributed by atoms with van der Waals surface area (Å²) in [6.45, 7) is 0. The fourth-order valence-corrected chi connectivity index (χ4v) is 3.35. The Labute approximate surface area is 195 Å². The Balaban J connectivity index is 1.79. The predicted molar refractivity (Wildman–Crippen MR) is 124 cm³/mol. The highest BCUT2D eigenvalue weighted by Gasteiger charge is 2.17. The molecule has 0 saturated heterocycles. The smallest absolute Gasteiger partial charge is 0.269 e. The summed E-state index contributed by atoms with van der Waals surface area (Å²) in [7, 11) is 0. The summed E-state index contributed by atoms with van der Waals surface area (Å²) < 4.78 is 21.0. The van der Waals surface area contributed by atoms with Gasteiger partial charge in [-0.3, -0.25) is 14.0 Å². The topological polar surface area (TPSA) is 96.5 Å². The summed E-state index contributed by atoms with van der Waals surface area (Å²) in [6, 6.07) is 18.8. The number of nitrogens with zero attached hydrogens (tertiary/aromatic N) is 3. The van der Waals surface area contributed by atoms with E-state index in [4.69, 9.17) is 4.74 Å². The van der Waals surface area contributed by atoms with Gasteiger partial charge in [0.15, 0.2) is 0 Å². The molecule has 0 aliphatic rings. The van der Waals surface area contributed by atoms with Crippen LogP contribution in [-0.2, 0) is 4.79 Å². The Morgan fingerprint density at radius 3 is 2.67 bits per heavy atom. The van der Waals surface area contributed by atoms with Crippen molar-refractivity contribution in [2.45, 2.75) is 0 Å². The second-order valence-electron chi connectivity index (χ2n) is 6.75. The normalized spacial score (nSPS) is 11.1. The number of nitrogens with one attached hydrogen (secondary N) is 1. The van der Waals surface area contributed by atoms with Gasteiger partial charge in [0.1, 0.15) is 34.4 Å². The van der Waals surface area contributed by atoms with Crippen LogP contribution in [0.15, 0.2) is 87.8 Å². The molecule has 0 radical (unpaired) electrons. The van der Waals surface area contributed by atoms with E-state index in [0.717, 1.165) is 10.5 Å². The number of anilines is 1. The molecular formula is C24H14BrFN4O3. The number of pyridine rings is 1. The maximum absolute atomic E-state index is 13.3. The molecule has 33 heavy (non-hydrogen) atoms. The third kappa shape index (κ3) is 4.97. The van der Waals surface area contributed by atoms with E-state index in [1.165, 1.54) is 34.9 Å². The molecule has 1 amide bonds. The van der Waals surface area contributed by atoms with Crippen molar-refractivity contribution in [1.29, 1.82) is 5.26 Å². The first kappa shape index (κ1) is 21.9. The minimum atomic E-state index is -0.708. The number of rotatable bonds is 5. The highest BCUT2D eigenvalue weighted by Crippen LogP contribution is 2.24. The fourth-order valence-electron chi connectivity index (χ4n) is 2.96. The van der Waals surface area contributed by atoms with Crippen LogP contribution in [-0.4, -0.2) is 15.3 Å². The third-order valence-electron chi connectivity index (χ3n) is 4.50. The van der Waals surface area contributed by atoms with Gasteiger partial charge in [0.05, 0.1) is 0 Å². The van der Waals surface area contributed by atoms with Crippen molar-refractivity contribution in [1.82, 2.24) is 9.38 Å². The lowest BCUT2D eigenvalue weighted by molar-refractivity contribution is -0.112. The fraction of sp³-hybridized carbons (Fsp3) is 0. The summed E-state index contributed by atoms with van der Waals surface area (Å²) in [6.07, 6.45) is 2.64. The number of ether oxygens (including phenoxy) is 1. The van der Waals surface area contributed by atoms with Crippen LogP contribution in [0.4, 0.5) is 10.1 Å². The number of halogens is 2. The third-order valence-corrected chi connectivity index (χ3v) is 4.99. The van der Waals surface area contributed by atoms with Crippen molar-refractivity contribution < 1.29 is 13.9 Å². The number of hydrogen-bond donors (Lipinski definition) is 1. The van der Waals surface area contributed by atoms with Crippen LogP contribution >= 0.6 is 15.9 Å². The first-order valence-electron chi connectivity index (χ1n) is 9.58. The lowest BCUT2D eigenvalue weighted by Crippen LogP contribution is -2.20. The number of amides is 1. The van der Waals surface area contributed by atoms with Gasteiger partial charge in [0, 0.05) is 16.4 Å². The van der Waals surface area contributed by atoms with E-state index in [9.17, 15) is 19.2 Å². The Bertz CT molecular complexity index is 1490. The Hall–Kier alpha value is -4.29. The summed E-state index contributed by atoms with van der Waals surface area (Å²) in [4.78, 5) is 30.2.